The molecule has 12 heteroatoms. The van der Waals surface area contributed by atoms with Crippen LogP contribution < -0.4 is 20.9 Å². The first-order chi connectivity index (χ1) is 22.0. The van der Waals surface area contributed by atoms with E-state index < -0.39 is 34.8 Å². The van der Waals surface area contributed by atoms with Crippen LogP contribution in [0.1, 0.15) is 36.8 Å². The van der Waals surface area contributed by atoms with Gasteiger partial charge in [0.05, 0.1) is 16.7 Å². The van der Waals surface area contributed by atoms with E-state index in [4.69, 9.17) is 0 Å². The summed E-state index contributed by atoms with van der Waals surface area (Å²) in [4.78, 5) is 39.0. The smallest absolute Gasteiger partial charge is 0.388 e. The van der Waals surface area contributed by atoms with Gasteiger partial charge in [-0.1, -0.05) is 26.0 Å². The zero-order chi connectivity index (χ0) is 32.8. The second-order valence-corrected chi connectivity index (χ2v) is 12.3. The molecular formula is C34H31F3N6O2S. The summed E-state index contributed by atoms with van der Waals surface area (Å²) in [5, 5.41) is 11.2. The van der Waals surface area contributed by atoms with Gasteiger partial charge in [-0.05, 0) is 83.6 Å². The molecule has 0 saturated carbocycles. The number of fused-ring (bicyclic) bond motifs is 2. The fourth-order valence-corrected chi connectivity index (χ4v) is 7.19. The molecule has 1 fully saturated rings. The number of nitrogens with zero attached hydrogens (tertiary/aromatic N) is 3. The quantitative estimate of drug-likeness (QED) is 0.117. The molecule has 2 aromatic heterocycles. The van der Waals surface area contributed by atoms with Crippen molar-refractivity contribution < 1.29 is 22.8 Å². The van der Waals surface area contributed by atoms with E-state index in [-0.39, 0.29) is 22.3 Å². The maximum Gasteiger partial charge on any atom is 0.446 e. The van der Waals surface area contributed by atoms with Crippen LogP contribution in [0.15, 0.2) is 90.1 Å². The molecule has 0 bridgehead atoms. The third-order valence-corrected chi connectivity index (χ3v) is 9.58. The minimum Gasteiger partial charge on any atom is -0.388 e. The number of hydrogen-bond donors (Lipinski definition) is 3. The molecule has 8 nitrogen and oxygen atoms in total. The third kappa shape index (κ3) is 5.16. The van der Waals surface area contributed by atoms with Gasteiger partial charge in [0.2, 0.25) is 0 Å². The Balaban J connectivity index is 1.56. The summed E-state index contributed by atoms with van der Waals surface area (Å²) in [6.07, 6.45) is 3.37. The molecule has 3 heterocycles. The van der Waals surface area contributed by atoms with Crippen LogP contribution in [-0.2, 0) is 4.79 Å². The minimum atomic E-state index is -4.47. The number of urea groups is 1. The van der Waals surface area contributed by atoms with Crippen molar-refractivity contribution in [3.05, 3.63) is 96.3 Å². The lowest BCUT2D eigenvalue weighted by atomic mass is 9.68. The van der Waals surface area contributed by atoms with Crippen molar-refractivity contribution in [1.82, 2.24) is 15.3 Å². The van der Waals surface area contributed by atoms with E-state index in [0.717, 1.165) is 49.2 Å². The summed E-state index contributed by atoms with van der Waals surface area (Å²) in [7, 11) is 3.62. The topological polar surface area (TPSA) is 99.2 Å². The number of nitrogens with one attached hydrogen (secondary N) is 3. The number of carbonyl (C=O) groups excluding carboxylic acids is 2. The Morgan fingerprint density at radius 2 is 1.28 bits per heavy atom. The van der Waals surface area contributed by atoms with E-state index in [1.54, 1.807) is 12.4 Å². The number of aromatic nitrogens is 2. The van der Waals surface area contributed by atoms with E-state index in [9.17, 15) is 22.8 Å². The molecular weight excluding hydrogens is 613 g/mol. The van der Waals surface area contributed by atoms with Crippen LogP contribution in [0.2, 0.25) is 0 Å². The molecule has 3 amide bonds. The summed E-state index contributed by atoms with van der Waals surface area (Å²) in [6.45, 7) is 3.82. The van der Waals surface area contributed by atoms with Crippen LogP contribution >= 0.6 is 11.8 Å². The van der Waals surface area contributed by atoms with Gasteiger partial charge >= 0.3 is 11.5 Å². The SMILES string of the molecule is CNc1cccc2nccc(C(C)C3(C(C)c4ccnc5cccc(NC)c45)NC(=O)N(c4ccc(SC(F)(F)F)cc4)C3=O)c12. The summed E-state index contributed by atoms with van der Waals surface area (Å²) >= 11 is -0.261. The summed E-state index contributed by atoms with van der Waals surface area (Å²) in [5.41, 5.74) is -1.18. The summed E-state index contributed by atoms with van der Waals surface area (Å²) < 4.78 is 39.0. The minimum absolute atomic E-state index is 0.0537. The van der Waals surface area contributed by atoms with Gasteiger partial charge in [0, 0.05) is 65.4 Å². The largest absolute Gasteiger partial charge is 0.446 e. The van der Waals surface area contributed by atoms with Crippen LogP contribution in [0.4, 0.5) is 35.0 Å². The van der Waals surface area contributed by atoms with Crippen LogP contribution in [0.5, 0.6) is 0 Å². The molecule has 2 unspecified atom stereocenters. The highest BCUT2D eigenvalue weighted by Gasteiger charge is 2.59. The second-order valence-electron chi connectivity index (χ2n) is 11.1. The van der Waals surface area contributed by atoms with E-state index in [2.05, 4.69) is 25.9 Å². The summed E-state index contributed by atoms with van der Waals surface area (Å²) in [5.74, 6) is -1.73. The van der Waals surface area contributed by atoms with Gasteiger partial charge in [0.1, 0.15) is 5.54 Å². The molecule has 1 aliphatic heterocycles. The number of halogens is 3. The van der Waals surface area contributed by atoms with Gasteiger partial charge in [-0.2, -0.15) is 13.2 Å². The number of pyridine rings is 2. The third-order valence-electron chi connectivity index (χ3n) is 8.84. The Labute approximate surface area is 267 Å². The number of imide groups is 1. The monoisotopic (exact) mass is 644 g/mol. The Hall–Kier alpha value is -4.84. The second kappa shape index (κ2) is 11.8. The highest BCUT2D eigenvalue weighted by molar-refractivity contribution is 8.00. The molecule has 6 rings (SSSR count). The fourth-order valence-electron chi connectivity index (χ4n) is 6.65. The number of amides is 3. The van der Waals surface area contributed by atoms with Crippen molar-refractivity contribution in [3.8, 4) is 0 Å². The molecule has 2 atom stereocenters. The highest BCUT2D eigenvalue weighted by Crippen LogP contribution is 2.48. The number of anilines is 3. The molecule has 3 aromatic carbocycles. The predicted molar refractivity (Wildman–Crippen MR) is 177 cm³/mol. The predicted octanol–water partition coefficient (Wildman–Crippen LogP) is 7.88. The van der Waals surface area contributed by atoms with Crippen molar-refractivity contribution >= 4 is 62.6 Å². The van der Waals surface area contributed by atoms with Gasteiger partial charge < -0.3 is 16.0 Å². The van der Waals surface area contributed by atoms with Crippen molar-refractivity contribution in [1.29, 1.82) is 0 Å². The molecule has 3 N–H and O–H groups in total. The van der Waals surface area contributed by atoms with Crippen molar-refractivity contribution in [2.24, 2.45) is 0 Å². The standard InChI is InChI=1S/C34H31F3N6O2S/c1-19(23-15-17-40-27-9-5-7-25(38-3)29(23)27)33(20(2)24-16-18-41-28-10-6-8-26(39-4)30(24)28)31(44)43(32(45)42-33)21-11-13-22(14-12-21)46-34(35,36)37/h5-20,38-39H,1-4H3,(H,42,45). The lowest BCUT2D eigenvalue weighted by Gasteiger charge is -2.39. The Bertz CT molecular complexity index is 1860. The lowest BCUT2D eigenvalue weighted by molar-refractivity contribution is -0.123. The molecule has 46 heavy (non-hydrogen) atoms. The number of hydrogen-bond acceptors (Lipinski definition) is 7. The Kier molecular flexibility index (Phi) is 8.01. The lowest BCUT2D eigenvalue weighted by Crippen LogP contribution is -2.55. The fraction of sp³-hybridized carbons (Fsp3) is 0.235. The molecule has 0 spiro atoms. The van der Waals surface area contributed by atoms with Gasteiger partial charge in [-0.3, -0.25) is 14.8 Å². The van der Waals surface area contributed by atoms with E-state index in [1.807, 2.05) is 76.5 Å². The Morgan fingerprint density at radius 3 is 1.74 bits per heavy atom. The summed E-state index contributed by atoms with van der Waals surface area (Å²) in [6, 6.07) is 19.7. The van der Waals surface area contributed by atoms with Crippen LogP contribution in [0, 0.1) is 0 Å². The van der Waals surface area contributed by atoms with Crippen molar-refractivity contribution in [2.45, 2.75) is 41.6 Å². The van der Waals surface area contributed by atoms with Crippen LogP contribution in [0.25, 0.3) is 21.8 Å². The number of alkyl halides is 3. The number of carbonyl (C=O) groups is 2. The maximum absolute atomic E-state index is 15.0. The first kappa shape index (κ1) is 31.2. The van der Waals surface area contributed by atoms with E-state index in [0.29, 0.717) is 0 Å². The maximum atomic E-state index is 15.0. The highest BCUT2D eigenvalue weighted by atomic mass is 32.2. The van der Waals surface area contributed by atoms with Gasteiger partial charge in [-0.25, -0.2) is 9.69 Å². The molecule has 0 radical (unpaired) electrons. The van der Waals surface area contributed by atoms with E-state index in [1.165, 1.54) is 24.3 Å². The first-order valence-electron chi connectivity index (χ1n) is 14.6. The van der Waals surface area contributed by atoms with Crippen LogP contribution in [0.3, 0.4) is 0 Å². The van der Waals surface area contributed by atoms with Crippen molar-refractivity contribution in [3.63, 3.8) is 0 Å². The average Bonchev–Trinajstić information content (AvgIpc) is 3.32. The van der Waals surface area contributed by atoms with E-state index >= 15 is 0 Å². The normalized spacial score (nSPS) is 18.1. The average molecular weight is 645 g/mol. The molecule has 1 aliphatic rings. The Morgan fingerprint density at radius 1 is 0.783 bits per heavy atom. The molecule has 0 aliphatic carbocycles. The van der Waals surface area contributed by atoms with Crippen molar-refractivity contribution in [2.75, 3.05) is 29.6 Å². The first-order valence-corrected chi connectivity index (χ1v) is 15.4. The zero-order valence-corrected chi connectivity index (χ0v) is 26.3. The van der Waals surface area contributed by atoms with Crippen LogP contribution in [-0.4, -0.2) is 47.0 Å². The van der Waals surface area contributed by atoms with Gasteiger partial charge in [-0.15, -0.1) is 0 Å². The molecule has 1 saturated heterocycles. The number of thioether (sulfide) groups is 1. The number of rotatable bonds is 8. The molecule has 5 aromatic rings. The number of benzene rings is 3. The zero-order valence-electron chi connectivity index (χ0n) is 25.4. The van der Waals surface area contributed by atoms with Gasteiger partial charge in [0.25, 0.3) is 5.91 Å². The van der Waals surface area contributed by atoms with Gasteiger partial charge in [0.15, 0.2) is 0 Å². The molecule has 236 valence electrons.